The van der Waals surface area contributed by atoms with Crippen LogP contribution in [0, 0.1) is 0 Å². The molecule has 0 radical (unpaired) electrons. The molecule has 0 spiro atoms. The maximum Gasteiger partial charge on any atom is 0.354 e. The van der Waals surface area contributed by atoms with Crippen molar-refractivity contribution >= 4 is 11.9 Å². The zero-order valence-corrected chi connectivity index (χ0v) is 8.40. The Labute approximate surface area is 82.2 Å². The molecular formula is C9H13N3O2. The average Bonchev–Trinajstić information content (AvgIpc) is 2.01. The van der Waals surface area contributed by atoms with Crippen LogP contribution in [0.3, 0.4) is 0 Å². The van der Waals surface area contributed by atoms with Crippen molar-refractivity contribution in [2.24, 2.45) is 0 Å². The summed E-state index contributed by atoms with van der Waals surface area (Å²) in [5.41, 5.74) is -0.191. The zero-order chi connectivity index (χ0) is 10.8. The molecule has 2 N–H and O–H groups in total. The summed E-state index contributed by atoms with van der Waals surface area (Å²) in [7, 11) is 0. The minimum Gasteiger partial charge on any atom is -0.477 e. The van der Waals surface area contributed by atoms with Gasteiger partial charge in [0.05, 0.1) is 0 Å². The van der Waals surface area contributed by atoms with Crippen molar-refractivity contribution in [1.82, 2.24) is 9.97 Å². The lowest BCUT2D eigenvalue weighted by atomic mass is 10.1. The molecule has 0 saturated carbocycles. The molecule has 0 aliphatic carbocycles. The summed E-state index contributed by atoms with van der Waals surface area (Å²) in [4.78, 5) is 18.4. The lowest BCUT2D eigenvalue weighted by Gasteiger charge is -2.20. The van der Waals surface area contributed by atoms with Crippen LogP contribution in [0.5, 0.6) is 0 Å². The van der Waals surface area contributed by atoms with E-state index in [9.17, 15) is 4.79 Å². The molecule has 1 rings (SSSR count). The third kappa shape index (κ3) is 3.01. The van der Waals surface area contributed by atoms with Gasteiger partial charge in [-0.2, -0.15) is 0 Å². The van der Waals surface area contributed by atoms with Crippen LogP contribution in [-0.2, 0) is 0 Å². The summed E-state index contributed by atoms with van der Waals surface area (Å²) < 4.78 is 0. The van der Waals surface area contributed by atoms with Crippen LogP contribution in [0.1, 0.15) is 31.3 Å². The molecule has 76 valence electrons. The van der Waals surface area contributed by atoms with Gasteiger partial charge < -0.3 is 10.4 Å². The van der Waals surface area contributed by atoms with Crippen molar-refractivity contribution in [2.45, 2.75) is 26.3 Å². The number of carbonyl (C=O) groups is 1. The maximum absolute atomic E-state index is 10.6. The molecule has 5 nitrogen and oxygen atoms in total. The highest BCUT2D eigenvalue weighted by Crippen LogP contribution is 2.09. The Morgan fingerprint density at radius 2 is 2.14 bits per heavy atom. The van der Waals surface area contributed by atoms with Crippen molar-refractivity contribution in [3.05, 3.63) is 18.0 Å². The Morgan fingerprint density at radius 3 is 2.64 bits per heavy atom. The third-order valence-corrected chi connectivity index (χ3v) is 1.36. The number of rotatable bonds is 2. The predicted molar refractivity (Wildman–Crippen MR) is 52.4 cm³/mol. The van der Waals surface area contributed by atoms with Gasteiger partial charge in [-0.1, -0.05) is 0 Å². The summed E-state index contributed by atoms with van der Waals surface area (Å²) in [5, 5.41) is 11.7. The van der Waals surface area contributed by atoms with Crippen molar-refractivity contribution < 1.29 is 9.90 Å². The topological polar surface area (TPSA) is 75.1 Å². The minimum absolute atomic E-state index is 0.00764. The highest BCUT2D eigenvalue weighted by Gasteiger charge is 2.12. The first-order valence-corrected chi connectivity index (χ1v) is 4.23. The van der Waals surface area contributed by atoms with Gasteiger partial charge in [0.15, 0.2) is 5.69 Å². The Kier molecular flexibility index (Phi) is 2.69. The highest BCUT2D eigenvalue weighted by molar-refractivity contribution is 5.85. The van der Waals surface area contributed by atoms with Gasteiger partial charge in [-0.3, -0.25) is 0 Å². The monoisotopic (exact) mass is 195 g/mol. The SMILES string of the molecule is CC(C)(C)Nc1nccc(C(=O)O)n1. The summed E-state index contributed by atoms with van der Waals surface area (Å²) in [6.45, 7) is 5.84. The van der Waals surface area contributed by atoms with Gasteiger partial charge in [-0.05, 0) is 26.8 Å². The number of carboxylic acids is 1. The van der Waals surface area contributed by atoms with Crippen LogP contribution >= 0.6 is 0 Å². The second-order valence-corrected chi connectivity index (χ2v) is 3.95. The Bertz CT molecular complexity index is 344. The van der Waals surface area contributed by atoms with E-state index in [1.165, 1.54) is 12.3 Å². The molecular weight excluding hydrogens is 182 g/mol. The van der Waals surface area contributed by atoms with E-state index in [1.807, 2.05) is 20.8 Å². The fraction of sp³-hybridized carbons (Fsp3) is 0.444. The quantitative estimate of drug-likeness (QED) is 0.745. The van der Waals surface area contributed by atoms with E-state index in [1.54, 1.807) is 0 Å². The number of hydrogen-bond acceptors (Lipinski definition) is 4. The number of anilines is 1. The number of aromatic carboxylic acids is 1. The molecule has 0 aromatic carbocycles. The molecule has 0 atom stereocenters. The summed E-state index contributed by atoms with van der Waals surface area (Å²) in [5.74, 6) is -0.721. The van der Waals surface area contributed by atoms with E-state index >= 15 is 0 Å². The van der Waals surface area contributed by atoms with E-state index in [0.29, 0.717) is 5.95 Å². The van der Waals surface area contributed by atoms with Crippen molar-refractivity contribution in [2.75, 3.05) is 5.32 Å². The lowest BCUT2D eigenvalue weighted by Crippen LogP contribution is -2.27. The second kappa shape index (κ2) is 3.61. The zero-order valence-electron chi connectivity index (χ0n) is 8.40. The molecule has 5 heteroatoms. The number of hydrogen-bond donors (Lipinski definition) is 2. The molecule has 0 unspecified atom stereocenters. The van der Waals surface area contributed by atoms with Gasteiger partial charge in [0.1, 0.15) is 0 Å². The van der Waals surface area contributed by atoms with Gasteiger partial charge >= 0.3 is 5.97 Å². The van der Waals surface area contributed by atoms with Crippen molar-refractivity contribution in [3.63, 3.8) is 0 Å². The number of aromatic nitrogens is 2. The largest absolute Gasteiger partial charge is 0.477 e. The third-order valence-electron chi connectivity index (χ3n) is 1.36. The standard InChI is InChI=1S/C9H13N3O2/c1-9(2,3)12-8-10-5-4-6(11-8)7(13)14/h4-5H,1-3H3,(H,13,14)(H,10,11,12). The predicted octanol–water partition coefficient (Wildman–Crippen LogP) is 1.39. The summed E-state index contributed by atoms with van der Waals surface area (Å²) >= 11 is 0. The van der Waals surface area contributed by atoms with Crippen LogP contribution in [0.15, 0.2) is 12.3 Å². The lowest BCUT2D eigenvalue weighted by molar-refractivity contribution is 0.0690. The number of carboxylic acid groups (broad SMARTS) is 1. The molecule has 0 amide bonds. The fourth-order valence-corrected chi connectivity index (χ4v) is 0.873. The Hall–Kier alpha value is -1.65. The van der Waals surface area contributed by atoms with Gasteiger partial charge in [-0.15, -0.1) is 0 Å². The molecule has 1 aromatic heterocycles. The van der Waals surface area contributed by atoms with Gasteiger partial charge in [-0.25, -0.2) is 14.8 Å². The molecule has 0 bridgehead atoms. The first kappa shape index (κ1) is 10.4. The molecule has 0 fully saturated rings. The smallest absolute Gasteiger partial charge is 0.354 e. The fourth-order valence-electron chi connectivity index (χ4n) is 0.873. The number of nitrogens with zero attached hydrogens (tertiary/aromatic N) is 2. The normalized spacial score (nSPS) is 11.1. The molecule has 14 heavy (non-hydrogen) atoms. The van der Waals surface area contributed by atoms with Crippen LogP contribution < -0.4 is 5.32 Å². The van der Waals surface area contributed by atoms with Gasteiger partial charge in [0.25, 0.3) is 0 Å². The molecule has 1 aromatic rings. The van der Waals surface area contributed by atoms with Crippen LogP contribution in [-0.4, -0.2) is 26.6 Å². The molecule has 0 aliphatic heterocycles. The Balaban J connectivity index is 2.89. The summed E-state index contributed by atoms with van der Waals surface area (Å²) in [6.07, 6.45) is 1.42. The van der Waals surface area contributed by atoms with Crippen LogP contribution in [0.2, 0.25) is 0 Å². The first-order chi connectivity index (χ1) is 6.38. The first-order valence-electron chi connectivity index (χ1n) is 4.23. The number of nitrogens with one attached hydrogen (secondary N) is 1. The minimum atomic E-state index is -1.05. The van der Waals surface area contributed by atoms with E-state index in [2.05, 4.69) is 15.3 Å². The van der Waals surface area contributed by atoms with Crippen LogP contribution in [0.4, 0.5) is 5.95 Å². The molecule has 0 saturated heterocycles. The van der Waals surface area contributed by atoms with E-state index in [4.69, 9.17) is 5.11 Å². The summed E-state index contributed by atoms with van der Waals surface area (Å²) in [6, 6.07) is 1.36. The van der Waals surface area contributed by atoms with Gasteiger partial charge in [0.2, 0.25) is 5.95 Å². The maximum atomic E-state index is 10.6. The highest BCUT2D eigenvalue weighted by atomic mass is 16.4. The van der Waals surface area contributed by atoms with E-state index < -0.39 is 5.97 Å². The van der Waals surface area contributed by atoms with Gasteiger partial charge in [0, 0.05) is 11.7 Å². The molecule has 1 heterocycles. The Morgan fingerprint density at radius 1 is 1.50 bits per heavy atom. The van der Waals surface area contributed by atoms with Crippen LogP contribution in [0.25, 0.3) is 0 Å². The van der Waals surface area contributed by atoms with Crippen molar-refractivity contribution in [3.8, 4) is 0 Å². The van der Waals surface area contributed by atoms with Crippen molar-refractivity contribution in [1.29, 1.82) is 0 Å². The second-order valence-electron chi connectivity index (χ2n) is 3.95. The van der Waals surface area contributed by atoms with E-state index in [0.717, 1.165) is 0 Å². The van der Waals surface area contributed by atoms with E-state index in [-0.39, 0.29) is 11.2 Å². The average molecular weight is 195 g/mol. The molecule has 0 aliphatic rings.